The van der Waals surface area contributed by atoms with Gasteiger partial charge in [0, 0.05) is 0 Å². The highest BCUT2D eigenvalue weighted by Gasteiger charge is 2.58. The molecule has 4 N–H and O–H groups in total. The maximum atomic E-state index is 5.40. The second kappa shape index (κ2) is 0.844. The van der Waals surface area contributed by atoms with E-state index in [1.807, 2.05) is 0 Å². The molecule has 3 heteroatoms. The van der Waals surface area contributed by atoms with Crippen molar-refractivity contribution >= 4 is 0 Å². The van der Waals surface area contributed by atoms with E-state index in [1.54, 1.807) is 13.8 Å². The molecule has 0 spiro atoms. The van der Waals surface area contributed by atoms with Crippen LogP contribution in [0.3, 0.4) is 0 Å². The zero-order chi connectivity index (χ0) is 5.71. The van der Waals surface area contributed by atoms with Gasteiger partial charge in [-0.05, 0) is 13.8 Å². The topological polar surface area (TPSA) is 64.6 Å². The van der Waals surface area contributed by atoms with E-state index in [9.17, 15) is 0 Å². The number of ether oxygens (including phenoxy) is 1. The third-order valence-electron chi connectivity index (χ3n) is 1.37. The third-order valence-corrected chi connectivity index (χ3v) is 1.37. The van der Waals surface area contributed by atoms with Crippen LogP contribution in [0.4, 0.5) is 0 Å². The predicted molar refractivity (Wildman–Crippen MR) is 26.3 cm³/mol. The number of hydrogen-bond acceptors (Lipinski definition) is 3. The molecule has 0 aromatic rings. The van der Waals surface area contributed by atoms with Crippen molar-refractivity contribution in [3.63, 3.8) is 0 Å². The van der Waals surface area contributed by atoms with Gasteiger partial charge in [-0.1, -0.05) is 0 Å². The molecule has 1 rings (SSSR count). The fourth-order valence-corrected chi connectivity index (χ4v) is 0.415. The average molecular weight is 102 g/mol. The van der Waals surface area contributed by atoms with Crippen molar-refractivity contribution in [3.8, 4) is 0 Å². The average Bonchev–Trinajstić information content (AvgIpc) is 1.63. The zero-order valence-electron chi connectivity index (χ0n) is 4.56. The van der Waals surface area contributed by atoms with Gasteiger partial charge in [0.05, 0.1) is 0 Å². The summed E-state index contributed by atoms with van der Waals surface area (Å²) in [6.07, 6.45) is 0. The van der Waals surface area contributed by atoms with Gasteiger partial charge in [0.2, 0.25) is 0 Å². The van der Waals surface area contributed by atoms with Crippen LogP contribution in [0.2, 0.25) is 0 Å². The molecule has 1 saturated heterocycles. The van der Waals surface area contributed by atoms with Crippen LogP contribution in [0.15, 0.2) is 0 Å². The summed E-state index contributed by atoms with van der Waals surface area (Å²) in [5.41, 5.74) is 9.64. The van der Waals surface area contributed by atoms with Gasteiger partial charge in [-0.15, -0.1) is 0 Å². The summed E-state index contributed by atoms with van der Waals surface area (Å²) in [7, 11) is 0. The standard InChI is InChI=1S/C4H10N2O/c1-3(5)4(2,6)7-3/h5-6H2,1-2H3. The lowest BCUT2D eigenvalue weighted by molar-refractivity contribution is 0.284. The minimum absolute atomic E-state index is 0.576. The number of epoxide rings is 1. The van der Waals surface area contributed by atoms with E-state index in [4.69, 9.17) is 16.2 Å². The first-order valence-electron chi connectivity index (χ1n) is 2.24. The third kappa shape index (κ3) is 0.534. The fourth-order valence-electron chi connectivity index (χ4n) is 0.415. The molecule has 1 aliphatic rings. The Morgan fingerprint density at radius 3 is 1.29 bits per heavy atom. The predicted octanol–water partition coefficient (Wildman–Crippen LogP) is -0.634. The molecule has 42 valence electrons. The molecule has 7 heavy (non-hydrogen) atoms. The lowest BCUT2D eigenvalue weighted by atomic mass is 10.2. The first kappa shape index (κ1) is 5.03. The van der Waals surface area contributed by atoms with E-state index in [0.29, 0.717) is 0 Å². The van der Waals surface area contributed by atoms with E-state index in [0.717, 1.165) is 0 Å². The lowest BCUT2D eigenvalue weighted by Gasteiger charge is -1.96. The van der Waals surface area contributed by atoms with Crippen LogP contribution in [0.1, 0.15) is 13.8 Å². The molecule has 2 unspecified atom stereocenters. The summed E-state index contributed by atoms with van der Waals surface area (Å²) in [5.74, 6) is 0. The molecule has 0 aromatic heterocycles. The van der Waals surface area contributed by atoms with Crippen LogP contribution in [-0.2, 0) is 4.74 Å². The maximum Gasteiger partial charge on any atom is 0.158 e. The van der Waals surface area contributed by atoms with E-state index in [1.165, 1.54) is 0 Å². The quantitative estimate of drug-likeness (QED) is 0.400. The van der Waals surface area contributed by atoms with E-state index in [2.05, 4.69) is 0 Å². The molecule has 0 amide bonds. The molecular weight excluding hydrogens is 92.1 g/mol. The zero-order valence-corrected chi connectivity index (χ0v) is 4.56. The van der Waals surface area contributed by atoms with Crippen LogP contribution < -0.4 is 11.5 Å². The normalized spacial score (nSPS) is 60.0. The molecule has 0 aliphatic carbocycles. The Hall–Kier alpha value is -0.120. The lowest BCUT2D eigenvalue weighted by Crippen LogP contribution is -2.35. The molecule has 2 atom stereocenters. The van der Waals surface area contributed by atoms with E-state index < -0.39 is 11.4 Å². The molecule has 1 aliphatic heterocycles. The second-order valence-electron chi connectivity index (χ2n) is 2.32. The number of nitrogens with two attached hydrogens (primary N) is 2. The van der Waals surface area contributed by atoms with E-state index in [-0.39, 0.29) is 0 Å². The van der Waals surface area contributed by atoms with Gasteiger partial charge in [0.15, 0.2) is 11.4 Å². The number of hydrogen-bond donors (Lipinski definition) is 2. The molecule has 0 saturated carbocycles. The van der Waals surface area contributed by atoms with Gasteiger partial charge in [-0.2, -0.15) is 0 Å². The van der Waals surface area contributed by atoms with Crippen molar-refractivity contribution in [1.82, 2.24) is 0 Å². The summed E-state index contributed by atoms with van der Waals surface area (Å²) in [6, 6.07) is 0. The Morgan fingerprint density at radius 2 is 1.29 bits per heavy atom. The first-order valence-corrected chi connectivity index (χ1v) is 2.24. The van der Waals surface area contributed by atoms with Crippen molar-refractivity contribution in [1.29, 1.82) is 0 Å². The minimum atomic E-state index is -0.576. The van der Waals surface area contributed by atoms with E-state index >= 15 is 0 Å². The molecule has 1 fully saturated rings. The Bertz CT molecular complexity index is 85.9. The molecule has 0 bridgehead atoms. The van der Waals surface area contributed by atoms with Gasteiger partial charge in [0.1, 0.15) is 0 Å². The second-order valence-corrected chi connectivity index (χ2v) is 2.32. The summed E-state index contributed by atoms with van der Waals surface area (Å²) >= 11 is 0. The largest absolute Gasteiger partial charge is 0.332 e. The Morgan fingerprint density at radius 1 is 1.14 bits per heavy atom. The Kier molecular flexibility index (Phi) is 0.606. The molecule has 0 radical (unpaired) electrons. The van der Waals surface area contributed by atoms with Crippen LogP contribution in [0.25, 0.3) is 0 Å². The van der Waals surface area contributed by atoms with Crippen LogP contribution >= 0.6 is 0 Å². The highest BCUT2D eigenvalue weighted by molar-refractivity contribution is 5.01. The van der Waals surface area contributed by atoms with Crippen molar-refractivity contribution in [2.75, 3.05) is 0 Å². The van der Waals surface area contributed by atoms with Crippen molar-refractivity contribution in [2.45, 2.75) is 25.3 Å². The maximum absolute atomic E-state index is 5.40. The van der Waals surface area contributed by atoms with Gasteiger partial charge in [0.25, 0.3) is 0 Å². The molecule has 0 aromatic carbocycles. The highest BCUT2D eigenvalue weighted by Crippen LogP contribution is 2.37. The summed E-state index contributed by atoms with van der Waals surface area (Å²) < 4.78 is 4.85. The van der Waals surface area contributed by atoms with Crippen LogP contribution in [-0.4, -0.2) is 11.4 Å². The molecular formula is C4H10N2O. The van der Waals surface area contributed by atoms with Gasteiger partial charge in [-0.25, -0.2) is 0 Å². The summed E-state index contributed by atoms with van der Waals surface area (Å²) in [5, 5.41) is 0. The summed E-state index contributed by atoms with van der Waals surface area (Å²) in [6.45, 7) is 3.51. The highest BCUT2D eigenvalue weighted by atomic mass is 16.7. The Balaban J connectivity index is 2.59. The number of rotatable bonds is 0. The minimum Gasteiger partial charge on any atom is -0.332 e. The van der Waals surface area contributed by atoms with Crippen LogP contribution in [0, 0.1) is 0 Å². The molecule has 1 heterocycles. The van der Waals surface area contributed by atoms with Gasteiger partial charge >= 0.3 is 0 Å². The van der Waals surface area contributed by atoms with Crippen molar-refractivity contribution in [2.24, 2.45) is 11.5 Å². The fraction of sp³-hybridized carbons (Fsp3) is 1.00. The van der Waals surface area contributed by atoms with Gasteiger partial charge < -0.3 is 16.2 Å². The SMILES string of the molecule is CC1(N)OC1(C)N. The smallest absolute Gasteiger partial charge is 0.158 e. The Labute approximate surface area is 42.6 Å². The van der Waals surface area contributed by atoms with Gasteiger partial charge in [-0.3, -0.25) is 0 Å². The monoisotopic (exact) mass is 102 g/mol. The van der Waals surface area contributed by atoms with Crippen molar-refractivity contribution in [3.05, 3.63) is 0 Å². The van der Waals surface area contributed by atoms with Crippen LogP contribution in [0.5, 0.6) is 0 Å². The van der Waals surface area contributed by atoms with Crippen molar-refractivity contribution < 1.29 is 4.74 Å². The molecule has 3 nitrogen and oxygen atoms in total. The first-order chi connectivity index (χ1) is 2.96. The summed E-state index contributed by atoms with van der Waals surface area (Å²) in [4.78, 5) is 0.